The molecule has 0 aliphatic rings. The van der Waals surface area contributed by atoms with E-state index in [4.69, 9.17) is 0 Å². The molecule has 7 nitrogen and oxygen atoms in total. The first kappa shape index (κ1) is 20.0. The van der Waals surface area contributed by atoms with Gasteiger partial charge < -0.3 is 5.32 Å². The monoisotopic (exact) mass is 412 g/mol. The Morgan fingerprint density at radius 1 is 0.871 bits per heavy atom. The highest BCUT2D eigenvalue weighted by molar-refractivity contribution is 5.95. The Balaban J connectivity index is 1.54. The van der Waals surface area contributed by atoms with E-state index < -0.39 is 11.9 Å². The molecule has 1 heterocycles. The molecule has 0 fully saturated rings. The second-order valence-corrected chi connectivity index (χ2v) is 6.98. The fraction of sp³-hybridized carbons (Fsp3) is 0.0833. The van der Waals surface area contributed by atoms with Crippen molar-refractivity contribution in [3.63, 3.8) is 0 Å². The average Bonchev–Trinajstić information content (AvgIpc) is 2.82. The second kappa shape index (κ2) is 9.04. The molecule has 0 bridgehead atoms. The van der Waals surface area contributed by atoms with Crippen LogP contribution < -0.4 is 16.3 Å². The largest absolute Gasteiger partial charge is 0.345 e. The van der Waals surface area contributed by atoms with Crippen molar-refractivity contribution >= 4 is 22.7 Å². The van der Waals surface area contributed by atoms with Crippen molar-refractivity contribution < 1.29 is 9.59 Å². The Morgan fingerprint density at radius 3 is 2.26 bits per heavy atom. The van der Waals surface area contributed by atoms with Crippen molar-refractivity contribution in [3.05, 3.63) is 113 Å². The average molecular weight is 412 g/mol. The van der Waals surface area contributed by atoms with Crippen molar-refractivity contribution in [2.24, 2.45) is 0 Å². The van der Waals surface area contributed by atoms with Crippen LogP contribution in [-0.4, -0.2) is 21.5 Å². The Hall–Kier alpha value is -4.26. The Morgan fingerprint density at radius 2 is 1.52 bits per heavy atom. The zero-order valence-electron chi connectivity index (χ0n) is 16.6. The van der Waals surface area contributed by atoms with Crippen LogP contribution >= 0.6 is 0 Å². The molecular formula is C24H20N4O3. The summed E-state index contributed by atoms with van der Waals surface area (Å²) in [6.45, 7) is 0. The highest BCUT2D eigenvalue weighted by Gasteiger charge is 2.20. The minimum Gasteiger partial charge on any atom is -0.345 e. The highest BCUT2D eigenvalue weighted by Crippen LogP contribution is 2.17. The molecule has 1 aromatic heterocycles. The molecule has 2 N–H and O–H groups in total. The maximum Gasteiger partial charge on any atom is 0.280 e. The predicted octanol–water partition coefficient (Wildman–Crippen LogP) is 3.03. The number of nitrogens with zero attached hydrogens (tertiary/aromatic N) is 2. The summed E-state index contributed by atoms with van der Waals surface area (Å²) in [6, 6.07) is 24.4. The van der Waals surface area contributed by atoms with Gasteiger partial charge in [-0.15, -0.1) is 0 Å². The van der Waals surface area contributed by atoms with E-state index in [2.05, 4.69) is 15.7 Å². The number of carbonyl (C=O) groups is 2. The third-order valence-electron chi connectivity index (χ3n) is 4.84. The van der Waals surface area contributed by atoms with Gasteiger partial charge in [0.05, 0.1) is 23.4 Å². The number of para-hydroxylation sites is 1. The molecule has 4 aromatic rings. The van der Waals surface area contributed by atoms with Crippen LogP contribution in [0.2, 0.25) is 0 Å². The van der Waals surface area contributed by atoms with Crippen LogP contribution in [0.3, 0.4) is 0 Å². The van der Waals surface area contributed by atoms with E-state index in [1.54, 1.807) is 48.5 Å². The molecule has 0 radical (unpaired) electrons. The number of hydrogen-bond donors (Lipinski definition) is 2. The molecule has 3 aromatic carbocycles. The number of benzene rings is 3. The normalized spacial score (nSPS) is 11.6. The molecule has 0 spiro atoms. The lowest BCUT2D eigenvalue weighted by Gasteiger charge is -2.19. The number of aromatic nitrogens is 2. The van der Waals surface area contributed by atoms with Crippen LogP contribution in [0.1, 0.15) is 28.4 Å². The molecule has 4 rings (SSSR count). The summed E-state index contributed by atoms with van der Waals surface area (Å²) in [6.07, 6.45) is 1.23. The number of rotatable bonds is 6. The maximum atomic E-state index is 12.8. The van der Waals surface area contributed by atoms with Crippen molar-refractivity contribution in [2.45, 2.75) is 12.5 Å². The number of hydrogen-bond acceptors (Lipinski definition) is 4. The third kappa shape index (κ3) is 4.67. The maximum absolute atomic E-state index is 12.8. The standard InChI is InChI=1S/C24H20N4O3/c29-22(27-28-16-25-20-14-8-7-13-19(20)24(28)31)15-21(17-9-3-1-4-10-17)26-23(30)18-11-5-2-6-12-18/h1-14,16,21H,15H2,(H,26,30)(H,27,29). The van der Waals surface area contributed by atoms with Crippen molar-refractivity contribution in [3.8, 4) is 0 Å². The van der Waals surface area contributed by atoms with Crippen molar-refractivity contribution in [2.75, 3.05) is 5.43 Å². The summed E-state index contributed by atoms with van der Waals surface area (Å²) < 4.78 is 1.06. The first-order valence-electron chi connectivity index (χ1n) is 9.79. The van der Waals surface area contributed by atoms with Crippen molar-refractivity contribution in [1.82, 2.24) is 15.0 Å². The second-order valence-electron chi connectivity index (χ2n) is 6.98. The number of fused-ring (bicyclic) bond motifs is 1. The van der Waals surface area contributed by atoms with Gasteiger partial charge in [0, 0.05) is 5.56 Å². The predicted molar refractivity (Wildman–Crippen MR) is 118 cm³/mol. The molecule has 1 unspecified atom stereocenters. The molecule has 0 aliphatic carbocycles. The van der Waals surface area contributed by atoms with Gasteiger partial charge in [-0.3, -0.25) is 19.8 Å². The SMILES string of the molecule is O=C(CC(NC(=O)c1ccccc1)c1ccccc1)Nn1cnc2ccccc2c1=O. The lowest BCUT2D eigenvalue weighted by atomic mass is 10.0. The van der Waals surface area contributed by atoms with Crippen LogP contribution in [0.4, 0.5) is 0 Å². The summed E-state index contributed by atoms with van der Waals surface area (Å²) in [5.41, 5.74) is 4.03. The molecular weight excluding hydrogens is 392 g/mol. The van der Waals surface area contributed by atoms with Crippen LogP contribution in [0.15, 0.2) is 96.1 Å². The molecule has 7 heteroatoms. The third-order valence-corrected chi connectivity index (χ3v) is 4.84. The van der Waals surface area contributed by atoms with Gasteiger partial charge in [0.2, 0.25) is 5.91 Å². The van der Waals surface area contributed by atoms with Crippen LogP contribution in [0.25, 0.3) is 10.9 Å². The van der Waals surface area contributed by atoms with E-state index in [1.807, 2.05) is 36.4 Å². The van der Waals surface area contributed by atoms with E-state index in [1.165, 1.54) is 6.33 Å². The molecule has 0 aliphatic heterocycles. The minimum absolute atomic E-state index is 0.0537. The minimum atomic E-state index is -0.571. The fourth-order valence-corrected chi connectivity index (χ4v) is 3.28. The molecule has 154 valence electrons. The molecule has 0 saturated carbocycles. The van der Waals surface area contributed by atoms with Gasteiger partial charge in [0.15, 0.2) is 0 Å². The number of carbonyl (C=O) groups excluding carboxylic acids is 2. The molecule has 2 amide bonds. The fourth-order valence-electron chi connectivity index (χ4n) is 3.28. The first-order valence-corrected chi connectivity index (χ1v) is 9.79. The molecule has 31 heavy (non-hydrogen) atoms. The zero-order valence-corrected chi connectivity index (χ0v) is 16.6. The first-order chi connectivity index (χ1) is 15.1. The van der Waals surface area contributed by atoms with Gasteiger partial charge in [0.25, 0.3) is 11.5 Å². The van der Waals surface area contributed by atoms with Crippen LogP contribution in [0, 0.1) is 0 Å². The Labute approximate surface area is 178 Å². The van der Waals surface area contributed by atoms with Gasteiger partial charge in [-0.1, -0.05) is 60.7 Å². The quantitative estimate of drug-likeness (QED) is 0.509. The van der Waals surface area contributed by atoms with Gasteiger partial charge in [-0.25, -0.2) is 9.66 Å². The highest BCUT2D eigenvalue weighted by atomic mass is 16.2. The van der Waals surface area contributed by atoms with Crippen LogP contribution in [-0.2, 0) is 4.79 Å². The van der Waals surface area contributed by atoms with Gasteiger partial charge in [0.1, 0.15) is 6.33 Å². The lowest BCUT2D eigenvalue weighted by Crippen LogP contribution is -2.36. The van der Waals surface area contributed by atoms with Crippen molar-refractivity contribution in [1.29, 1.82) is 0 Å². The summed E-state index contributed by atoms with van der Waals surface area (Å²) in [5.74, 6) is -0.715. The van der Waals surface area contributed by atoms with E-state index in [-0.39, 0.29) is 17.9 Å². The summed E-state index contributed by atoms with van der Waals surface area (Å²) in [7, 11) is 0. The Kier molecular flexibility index (Phi) is 5.84. The Bertz CT molecular complexity index is 1270. The smallest absolute Gasteiger partial charge is 0.280 e. The van der Waals surface area contributed by atoms with E-state index >= 15 is 0 Å². The van der Waals surface area contributed by atoms with E-state index in [9.17, 15) is 14.4 Å². The lowest BCUT2D eigenvalue weighted by molar-refractivity contribution is -0.117. The zero-order chi connectivity index (χ0) is 21.6. The number of nitrogens with one attached hydrogen (secondary N) is 2. The summed E-state index contributed by atoms with van der Waals surface area (Å²) in [5, 5.41) is 3.31. The summed E-state index contributed by atoms with van der Waals surface area (Å²) in [4.78, 5) is 42.2. The van der Waals surface area contributed by atoms with Gasteiger partial charge in [-0.05, 0) is 29.8 Å². The summed E-state index contributed by atoms with van der Waals surface area (Å²) >= 11 is 0. The molecule has 0 saturated heterocycles. The van der Waals surface area contributed by atoms with E-state index in [0.717, 1.165) is 10.2 Å². The number of amides is 2. The van der Waals surface area contributed by atoms with Gasteiger partial charge in [-0.2, -0.15) is 0 Å². The van der Waals surface area contributed by atoms with Gasteiger partial charge >= 0.3 is 0 Å². The molecule has 1 atom stereocenters. The van der Waals surface area contributed by atoms with Crippen LogP contribution in [0.5, 0.6) is 0 Å². The van der Waals surface area contributed by atoms with E-state index in [0.29, 0.717) is 16.5 Å². The topological polar surface area (TPSA) is 93.1 Å².